The summed E-state index contributed by atoms with van der Waals surface area (Å²) >= 11 is 0. The first-order chi connectivity index (χ1) is 17.7. The van der Waals surface area contributed by atoms with Gasteiger partial charge in [-0.2, -0.15) is 0 Å². The van der Waals surface area contributed by atoms with Crippen LogP contribution >= 0.6 is 0 Å². The third-order valence-electron chi connectivity index (χ3n) is 6.39. The molecule has 2 aromatic rings. The van der Waals surface area contributed by atoms with Gasteiger partial charge in [-0.25, -0.2) is 0 Å². The summed E-state index contributed by atoms with van der Waals surface area (Å²) in [6.45, 7) is 6.25. The van der Waals surface area contributed by atoms with E-state index in [1.54, 1.807) is 12.1 Å². The van der Waals surface area contributed by atoms with E-state index in [2.05, 4.69) is 13.8 Å². The SMILES string of the molecule is CCCCCCCCCCOc1ccc(COc2ccc(OCCCCCCCC)ccc2=O)cc1. The first kappa shape index (κ1) is 29.7. The molecule has 4 nitrogen and oxygen atoms in total. The molecule has 0 bridgehead atoms. The second-order valence-electron chi connectivity index (χ2n) is 9.67. The van der Waals surface area contributed by atoms with Crippen LogP contribution in [0.15, 0.2) is 53.3 Å². The molecule has 2 rings (SSSR count). The first-order valence-corrected chi connectivity index (χ1v) is 14.3. The molecule has 2 aromatic carbocycles. The van der Waals surface area contributed by atoms with Crippen LogP contribution in [0.25, 0.3) is 0 Å². The van der Waals surface area contributed by atoms with Crippen molar-refractivity contribution in [2.24, 2.45) is 0 Å². The van der Waals surface area contributed by atoms with Gasteiger partial charge in [0, 0.05) is 0 Å². The number of unbranched alkanes of at least 4 members (excludes halogenated alkanes) is 12. The highest BCUT2D eigenvalue weighted by Crippen LogP contribution is 2.17. The van der Waals surface area contributed by atoms with Gasteiger partial charge >= 0.3 is 0 Å². The lowest BCUT2D eigenvalue weighted by molar-refractivity contribution is 0.298. The van der Waals surface area contributed by atoms with Gasteiger partial charge in [-0.3, -0.25) is 4.79 Å². The molecule has 0 N–H and O–H groups in total. The van der Waals surface area contributed by atoms with Crippen molar-refractivity contribution in [2.75, 3.05) is 13.2 Å². The topological polar surface area (TPSA) is 44.8 Å². The third-order valence-corrected chi connectivity index (χ3v) is 6.39. The molecular weight excluding hydrogens is 448 g/mol. The summed E-state index contributed by atoms with van der Waals surface area (Å²) in [6, 6.07) is 14.7. The van der Waals surface area contributed by atoms with E-state index in [-0.39, 0.29) is 5.43 Å². The molecule has 0 aliphatic rings. The molecule has 0 unspecified atom stereocenters. The van der Waals surface area contributed by atoms with Crippen LogP contribution in [-0.2, 0) is 6.61 Å². The van der Waals surface area contributed by atoms with Crippen molar-refractivity contribution in [2.45, 2.75) is 110 Å². The van der Waals surface area contributed by atoms with Gasteiger partial charge < -0.3 is 14.2 Å². The Hall–Kier alpha value is -2.49. The Bertz CT molecular complexity index is 863. The maximum atomic E-state index is 12.4. The van der Waals surface area contributed by atoms with E-state index < -0.39 is 0 Å². The Kier molecular flexibility index (Phi) is 16.2. The Morgan fingerprint density at radius 3 is 1.47 bits per heavy atom. The molecule has 0 atom stereocenters. The van der Waals surface area contributed by atoms with Crippen LogP contribution in [0.1, 0.15) is 109 Å². The maximum absolute atomic E-state index is 12.4. The number of benzene rings is 1. The van der Waals surface area contributed by atoms with E-state index in [1.807, 2.05) is 30.3 Å². The molecule has 0 radical (unpaired) electrons. The number of hydrogen-bond donors (Lipinski definition) is 0. The third kappa shape index (κ3) is 13.6. The lowest BCUT2D eigenvalue weighted by Crippen LogP contribution is -2.04. The molecule has 36 heavy (non-hydrogen) atoms. The summed E-state index contributed by atoms with van der Waals surface area (Å²) < 4.78 is 17.5. The minimum atomic E-state index is -0.144. The van der Waals surface area contributed by atoms with Crippen LogP contribution in [0.4, 0.5) is 0 Å². The molecule has 0 heterocycles. The highest BCUT2D eigenvalue weighted by molar-refractivity contribution is 5.30. The summed E-state index contributed by atoms with van der Waals surface area (Å²) in [6.07, 6.45) is 17.7. The normalized spacial score (nSPS) is 10.8. The summed E-state index contributed by atoms with van der Waals surface area (Å²) in [7, 11) is 0. The number of ether oxygens (including phenoxy) is 3. The van der Waals surface area contributed by atoms with Crippen molar-refractivity contribution in [3.63, 3.8) is 0 Å². The van der Waals surface area contributed by atoms with Gasteiger partial charge in [-0.1, -0.05) is 103 Å². The van der Waals surface area contributed by atoms with Gasteiger partial charge in [0.2, 0.25) is 5.43 Å². The molecule has 0 saturated heterocycles. The van der Waals surface area contributed by atoms with Gasteiger partial charge in [-0.15, -0.1) is 0 Å². The average Bonchev–Trinajstić information content (AvgIpc) is 3.07. The molecule has 0 aromatic heterocycles. The summed E-state index contributed by atoms with van der Waals surface area (Å²) in [5, 5.41) is 0. The van der Waals surface area contributed by atoms with E-state index in [0.717, 1.165) is 30.8 Å². The zero-order chi connectivity index (χ0) is 25.7. The zero-order valence-corrected chi connectivity index (χ0v) is 22.8. The Balaban J connectivity index is 1.66. The fourth-order valence-electron chi connectivity index (χ4n) is 4.09. The molecule has 0 amide bonds. The highest BCUT2D eigenvalue weighted by Gasteiger charge is 2.03. The second kappa shape index (κ2) is 19.7. The fraction of sp³-hybridized carbons (Fsp3) is 0.594. The quantitative estimate of drug-likeness (QED) is 0.162. The number of rotatable bonds is 21. The van der Waals surface area contributed by atoms with Crippen LogP contribution in [0, 0.1) is 0 Å². The van der Waals surface area contributed by atoms with Crippen LogP contribution in [0.3, 0.4) is 0 Å². The van der Waals surface area contributed by atoms with E-state index in [4.69, 9.17) is 14.2 Å². The van der Waals surface area contributed by atoms with E-state index in [0.29, 0.717) is 24.7 Å². The van der Waals surface area contributed by atoms with Crippen LogP contribution in [-0.4, -0.2) is 13.2 Å². The van der Waals surface area contributed by atoms with Crippen molar-refractivity contribution in [3.8, 4) is 17.2 Å². The van der Waals surface area contributed by atoms with Crippen molar-refractivity contribution in [1.29, 1.82) is 0 Å². The van der Waals surface area contributed by atoms with Crippen molar-refractivity contribution < 1.29 is 14.2 Å². The van der Waals surface area contributed by atoms with E-state index in [1.165, 1.54) is 83.1 Å². The predicted molar refractivity (Wildman–Crippen MR) is 150 cm³/mol. The van der Waals surface area contributed by atoms with E-state index >= 15 is 0 Å². The Morgan fingerprint density at radius 2 is 0.944 bits per heavy atom. The van der Waals surface area contributed by atoms with Crippen molar-refractivity contribution in [1.82, 2.24) is 0 Å². The first-order valence-electron chi connectivity index (χ1n) is 14.3. The molecule has 0 saturated carbocycles. The average molecular weight is 497 g/mol. The largest absolute Gasteiger partial charge is 0.494 e. The molecule has 4 heteroatoms. The summed E-state index contributed by atoms with van der Waals surface area (Å²) in [4.78, 5) is 12.4. The van der Waals surface area contributed by atoms with Crippen LogP contribution in [0.5, 0.6) is 17.2 Å². The van der Waals surface area contributed by atoms with Gasteiger partial charge in [0.05, 0.1) is 13.2 Å². The zero-order valence-electron chi connectivity index (χ0n) is 22.8. The van der Waals surface area contributed by atoms with Gasteiger partial charge in [-0.05, 0) is 54.8 Å². The molecule has 0 fully saturated rings. The summed E-state index contributed by atoms with van der Waals surface area (Å²) in [5.41, 5.74) is 0.856. The standard InChI is InChI=1S/C32H48O4/c1-3-5-7-9-11-12-14-16-25-34-29-19-17-28(18-20-29)27-36-32-24-22-30(21-23-31(32)33)35-26-15-13-10-8-6-4-2/h17-24H,3-16,25-27H2,1-2H3. The fourth-order valence-corrected chi connectivity index (χ4v) is 4.09. The van der Waals surface area contributed by atoms with Crippen LogP contribution in [0.2, 0.25) is 0 Å². The summed E-state index contributed by atoms with van der Waals surface area (Å²) in [5.74, 6) is 1.91. The molecule has 0 aliphatic carbocycles. The molecule has 0 aliphatic heterocycles. The lowest BCUT2D eigenvalue weighted by Gasteiger charge is -2.08. The van der Waals surface area contributed by atoms with Gasteiger partial charge in [0.1, 0.15) is 18.1 Å². The minimum absolute atomic E-state index is 0.144. The van der Waals surface area contributed by atoms with Gasteiger partial charge in [0.15, 0.2) is 5.75 Å². The van der Waals surface area contributed by atoms with Crippen LogP contribution < -0.4 is 19.6 Å². The number of hydrogen-bond acceptors (Lipinski definition) is 4. The molecule has 200 valence electrons. The van der Waals surface area contributed by atoms with E-state index in [9.17, 15) is 4.79 Å². The maximum Gasteiger partial charge on any atom is 0.220 e. The Labute approximate surface area is 219 Å². The monoisotopic (exact) mass is 496 g/mol. The minimum Gasteiger partial charge on any atom is -0.494 e. The molecule has 0 spiro atoms. The predicted octanol–water partition coefficient (Wildman–Crippen LogP) is 8.88. The smallest absolute Gasteiger partial charge is 0.220 e. The molecular formula is C32H48O4. The lowest BCUT2D eigenvalue weighted by atomic mass is 10.1. The second-order valence-corrected chi connectivity index (χ2v) is 9.67. The van der Waals surface area contributed by atoms with Crippen molar-refractivity contribution >= 4 is 0 Å². The highest BCUT2D eigenvalue weighted by atomic mass is 16.5. The van der Waals surface area contributed by atoms with Gasteiger partial charge in [0.25, 0.3) is 0 Å². The van der Waals surface area contributed by atoms with Crippen molar-refractivity contribution in [3.05, 3.63) is 64.3 Å². The Morgan fingerprint density at radius 1 is 0.500 bits per heavy atom.